The Bertz CT molecular complexity index is 575. The molecule has 0 unspecified atom stereocenters. The number of amides is 1. The average molecular weight is 335 g/mol. The van der Waals surface area contributed by atoms with Gasteiger partial charge < -0.3 is 10.1 Å². The number of rotatable bonds is 5. The van der Waals surface area contributed by atoms with Gasteiger partial charge in [-0.15, -0.1) is 0 Å². The van der Waals surface area contributed by atoms with Crippen LogP contribution in [0, 0.1) is 0 Å². The van der Waals surface area contributed by atoms with Gasteiger partial charge in [-0.3, -0.25) is 9.78 Å². The van der Waals surface area contributed by atoms with Crippen molar-refractivity contribution in [2.24, 2.45) is 0 Å². The summed E-state index contributed by atoms with van der Waals surface area (Å²) in [4.78, 5) is 15.9. The van der Waals surface area contributed by atoms with E-state index in [1.165, 1.54) is 0 Å². The molecule has 0 radical (unpaired) electrons. The highest BCUT2D eigenvalue weighted by molar-refractivity contribution is 9.10. The summed E-state index contributed by atoms with van der Waals surface area (Å²) in [5.41, 5.74) is 0.954. The molecule has 1 N–H and O–H groups in total. The lowest BCUT2D eigenvalue weighted by atomic mass is 10.2. The SMILES string of the molecule is C[C@H](Oc1cccc(Br)c1)C(=O)NCc1cccnc1. The first-order valence-corrected chi connectivity index (χ1v) is 7.03. The molecule has 1 amide bonds. The molecule has 0 spiro atoms. The maximum absolute atomic E-state index is 11.9. The summed E-state index contributed by atoms with van der Waals surface area (Å²) < 4.78 is 6.50. The van der Waals surface area contributed by atoms with E-state index in [1.54, 1.807) is 19.3 Å². The van der Waals surface area contributed by atoms with Crippen molar-refractivity contribution < 1.29 is 9.53 Å². The summed E-state index contributed by atoms with van der Waals surface area (Å²) in [5.74, 6) is 0.497. The molecule has 1 atom stereocenters. The molecule has 0 bridgehead atoms. The molecule has 104 valence electrons. The Labute approximate surface area is 126 Å². The summed E-state index contributed by atoms with van der Waals surface area (Å²) in [5, 5.41) is 2.82. The highest BCUT2D eigenvalue weighted by atomic mass is 79.9. The minimum absolute atomic E-state index is 0.158. The Morgan fingerprint density at radius 2 is 2.25 bits per heavy atom. The Balaban J connectivity index is 1.86. The largest absolute Gasteiger partial charge is 0.481 e. The maximum atomic E-state index is 11.9. The first-order chi connectivity index (χ1) is 9.65. The zero-order valence-corrected chi connectivity index (χ0v) is 12.6. The van der Waals surface area contributed by atoms with E-state index in [1.807, 2.05) is 36.4 Å². The van der Waals surface area contributed by atoms with E-state index < -0.39 is 6.10 Å². The second-order valence-corrected chi connectivity index (χ2v) is 5.21. The van der Waals surface area contributed by atoms with E-state index in [-0.39, 0.29) is 5.91 Å². The third kappa shape index (κ3) is 4.35. The van der Waals surface area contributed by atoms with Gasteiger partial charge >= 0.3 is 0 Å². The van der Waals surface area contributed by atoms with Gasteiger partial charge in [0.05, 0.1) is 0 Å². The van der Waals surface area contributed by atoms with Crippen molar-refractivity contribution in [1.29, 1.82) is 0 Å². The Hall–Kier alpha value is -1.88. The van der Waals surface area contributed by atoms with Crippen LogP contribution in [0.3, 0.4) is 0 Å². The van der Waals surface area contributed by atoms with E-state index in [2.05, 4.69) is 26.2 Å². The number of carbonyl (C=O) groups is 1. The van der Waals surface area contributed by atoms with Gasteiger partial charge in [-0.2, -0.15) is 0 Å². The highest BCUT2D eigenvalue weighted by Gasteiger charge is 2.14. The molecule has 4 nitrogen and oxygen atoms in total. The predicted octanol–water partition coefficient (Wildman–Crippen LogP) is 2.93. The molecule has 1 aromatic carbocycles. The molecule has 0 aliphatic rings. The molecule has 2 aromatic rings. The fourth-order valence-corrected chi connectivity index (χ4v) is 2.01. The topological polar surface area (TPSA) is 51.2 Å². The fourth-order valence-electron chi connectivity index (χ4n) is 1.63. The number of benzene rings is 1. The number of halogens is 1. The summed E-state index contributed by atoms with van der Waals surface area (Å²) in [6.45, 7) is 2.17. The van der Waals surface area contributed by atoms with Crippen LogP contribution < -0.4 is 10.1 Å². The van der Waals surface area contributed by atoms with Crippen molar-refractivity contribution in [2.45, 2.75) is 19.6 Å². The van der Waals surface area contributed by atoms with Gasteiger partial charge in [0.25, 0.3) is 5.91 Å². The highest BCUT2D eigenvalue weighted by Crippen LogP contribution is 2.18. The molecule has 5 heteroatoms. The van der Waals surface area contributed by atoms with E-state index in [4.69, 9.17) is 4.74 Å². The number of carbonyl (C=O) groups excluding carboxylic acids is 1. The molecule has 0 saturated heterocycles. The number of hydrogen-bond donors (Lipinski definition) is 1. The van der Waals surface area contributed by atoms with Gasteiger partial charge in [0.15, 0.2) is 6.10 Å². The maximum Gasteiger partial charge on any atom is 0.261 e. The van der Waals surface area contributed by atoms with E-state index in [0.29, 0.717) is 12.3 Å². The Morgan fingerprint density at radius 3 is 2.95 bits per heavy atom. The third-order valence-corrected chi connectivity index (χ3v) is 3.16. The zero-order valence-electron chi connectivity index (χ0n) is 11.0. The third-order valence-electron chi connectivity index (χ3n) is 2.67. The predicted molar refractivity (Wildman–Crippen MR) is 80.3 cm³/mol. The number of nitrogens with one attached hydrogen (secondary N) is 1. The number of pyridine rings is 1. The van der Waals surface area contributed by atoms with Crippen LogP contribution in [0.2, 0.25) is 0 Å². The lowest BCUT2D eigenvalue weighted by Gasteiger charge is -2.14. The van der Waals surface area contributed by atoms with Crippen LogP contribution >= 0.6 is 15.9 Å². The number of ether oxygens (including phenoxy) is 1. The van der Waals surface area contributed by atoms with Crippen LogP contribution in [0.5, 0.6) is 5.75 Å². The van der Waals surface area contributed by atoms with Crippen LogP contribution in [0.15, 0.2) is 53.3 Å². The first kappa shape index (κ1) is 14.5. The first-order valence-electron chi connectivity index (χ1n) is 6.24. The number of aromatic nitrogens is 1. The van der Waals surface area contributed by atoms with Gasteiger partial charge in [-0.1, -0.05) is 28.1 Å². The standard InChI is InChI=1S/C15H15BrN2O2/c1-11(20-14-6-2-5-13(16)8-14)15(19)18-10-12-4-3-7-17-9-12/h2-9,11H,10H2,1H3,(H,18,19)/t11-/m0/s1. The van der Waals surface area contributed by atoms with Gasteiger partial charge in [0.2, 0.25) is 0 Å². The van der Waals surface area contributed by atoms with Gasteiger partial charge in [-0.25, -0.2) is 0 Å². The van der Waals surface area contributed by atoms with Crippen molar-refractivity contribution in [2.75, 3.05) is 0 Å². The molecule has 2 rings (SSSR count). The summed E-state index contributed by atoms with van der Waals surface area (Å²) in [7, 11) is 0. The molecule has 20 heavy (non-hydrogen) atoms. The second-order valence-electron chi connectivity index (χ2n) is 4.30. The van der Waals surface area contributed by atoms with Gasteiger partial charge in [0.1, 0.15) is 5.75 Å². The summed E-state index contributed by atoms with van der Waals surface area (Å²) >= 11 is 3.36. The van der Waals surface area contributed by atoms with Crippen molar-refractivity contribution in [3.63, 3.8) is 0 Å². The minimum Gasteiger partial charge on any atom is -0.481 e. The monoisotopic (exact) mass is 334 g/mol. The molecule has 0 fully saturated rings. The quantitative estimate of drug-likeness (QED) is 0.914. The summed E-state index contributed by atoms with van der Waals surface area (Å²) in [6, 6.07) is 11.1. The van der Waals surface area contributed by atoms with E-state index >= 15 is 0 Å². The molecule has 0 saturated carbocycles. The number of nitrogens with zero attached hydrogens (tertiary/aromatic N) is 1. The average Bonchev–Trinajstić information content (AvgIpc) is 2.46. The second kappa shape index (κ2) is 7.05. The molecule has 0 aliphatic heterocycles. The lowest BCUT2D eigenvalue weighted by molar-refractivity contribution is -0.127. The van der Waals surface area contributed by atoms with Crippen LogP contribution in [0.4, 0.5) is 0 Å². The smallest absolute Gasteiger partial charge is 0.261 e. The van der Waals surface area contributed by atoms with Gasteiger partial charge in [-0.05, 0) is 36.8 Å². The van der Waals surface area contributed by atoms with E-state index in [0.717, 1.165) is 10.0 Å². The minimum atomic E-state index is -0.555. The molecular formula is C15H15BrN2O2. The fraction of sp³-hybridized carbons (Fsp3) is 0.200. The lowest BCUT2D eigenvalue weighted by Crippen LogP contribution is -2.35. The van der Waals surface area contributed by atoms with Crippen LogP contribution in [-0.2, 0) is 11.3 Å². The molecular weight excluding hydrogens is 320 g/mol. The molecule has 1 heterocycles. The van der Waals surface area contributed by atoms with Crippen molar-refractivity contribution in [1.82, 2.24) is 10.3 Å². The number of hydrogen-bond acceptors (Lipinski definition) is 3. The van der Waals surface area contributed by atoms with Crippen LogP contribution in [-0.4, -0.2) is 17.0 Å². The Kier molecular flexibility index (Phi) is 5.12. The van der Waals surface area contributed by atoms with Crippen molar-refractivity contribution in [3.8, 4) is 5.75 Å². The molecule has 1 aromatic heterocycles. The Morgan fingerprint density at radius 1 is 1.40 bits per heavy atom. The van der Waals surface area contributed by atoms with E-state index in [9.17, 15) is 4.79 Å². The zero-order chi connectivity index (χ0) is 14.4. The normalized spacial score (nSPS) is 11.7. The summed E-state index contributed by atoms with van der Waals surface area (Å²) in [6.07, 6.45) is 2.87. The van der Waals surface area contributed by atoms with Crippen LogP contribution in [0.25, 0.3) is 0 Å². The van der Waals surface area contributed by atoms with Crippen LogP contribution in [0.1, 0.15) is 12.5 Å². The van der Waals surface area contributed by atoms with Crippen molar-refractivity contribution in [3.05, 3.63) is 58.8 Å². The van der Waals surface area contributed by atoms with Crippen molar-refractivity contribution >= 4 is 21.8 Å². The van der Waals surface area contributed by atoms with Gasteiger partial charge in [0, 0.05) is 23.4 Å². The molecule has 0 aliphatic carbocycles.